The zero-order valence-electron chi connectivity index (χ0n) is 16.2. The molecule has 0 saturated carbocycles. The Bertz CT molecular complexity index is 518. The van der Waals surface area contributed by atoms with Crippen LogP contribution in [0.1, 0.15) is 64.9 Å². The maximum atomic E-state index is 12.0. The standard InChI is InChI=1S/C21H34N2O2/c1-16(17-10-6-5-7-11-17)14-18(19-12-8-9-13-22-19)15-23-20(24)25-21(2,3)4/h5-7,10-11,16,18-19,22H,8-9,12-15H2,1-4H3,(H,23,24)/t16-,18+,19-/m1/s1. The van der Waals surface area contributed by atoms with Gasteiger partial charge in [-0.3, -0.25) is 0 Å². The number of benzene rings is 1. The minimum atomic E-state index is -0.458. The Morgan fingerprint density at radius 3 is 2.60 bits per heavy atom. The fourth-order valence-electron chi connectivity index (χ4n) is 3.57. The van der Waals surface area contributed by atoms with Gasteiger partial charge in [-0.2, -0.15) is 0 Å². The van der Waals surface area contributed by atoms with Gasteiger partial charge < -0.3 is 15.4 Å². The Labute approximate surface area is 152 Å². The number of hydrogen-bond donors (Lipinski definition) is 2. The van der Waals surface area contributed by atoms with E-state index in [1.165, 1.54) is 24.8 Å². The smallest absolute Gasteiger partial charge is 0.407 e. The number of hydrogen-bond acceptors (Lipinski definition) is 3. The van der Waals surface area contributed by atoms with Crippen molar-refractivity contribution in [1.82, 2.24) is 10.6 Å². The number of ether oxygens (including phenoxy) is 1. The topological polar surface area (TPSA) is 50.4 Å². The normalized spacial score (nSPS) is 20.6. The van der Waals surface area contributed by atoms with Gasteiger partial charge in [-0.1, -0.05) is 43.7 Å². The van der Waals surface area contributed by atoms with E-state index in [-0.39, 0.29) is 6.09 Å². The molecule has 0 radical (unpaired) electrons. The summed E-state index contributed by atoms with van der Waals surface area (Å²) in [6.07, 6.45) is 4.43. The van der Waals surface area contributed by atoms with Crippen molar-refractivity contribution in [3.05, 3.63) is 35.9 Å². The number of amides is 1. The van der Waals surface area contributed by atoms with Gasteiger partial charge in [0.15, 0.2) is 0 Å². The van der Waals surface area contributed by atoms with Crippen molar-refractivity contribution in [2.45, 2.75) is 70.9 Å². The van der Waals surface area contributed by atoms with E-state index >= 15 is 0 Å². The van der Waals surface area contributed by atoms with Crippen molar-refractivity contribution in [2.75, 3.05) is 13.1 Å². The first kappa shape index (κ1) is 19.8. The number of carbonyl (C=O) groups excluding carboxylic acids is 1. The summed E-state index contributed by atoms with van der Waals surface area (Å²) in [5.41, 5.74) is 0.903. The zero-order chi connectivity index (χ0) is 18.3. The molecular formula is C21H34N2O2. The van der Waals surface area contributed by atoms with Crippen molar-refractivity contribution in [2.24, 2.45) is 5.92 Å². The lowest BCUT2D eigenvalue weighted by Crippen LogP contribution is -2.46. The van der Waals surface area contributed by atoms with Gasteiger partial charge in [0.25, 0.3) is 0 Å². The highest BCUT2D eigenvalue weighted by Crippen LogP contribution is 2.27. The molecule has 1 heterocycles. The number of alkyl carbamates (subject to hydrolysis) is 1. The molecule has 2 N–H and O–H groups in total. The second kappa shape index (κ2) is 9.23. The summed E-state index contributed by atoms with van der Waals surface area (Å²) in [5, 5.41) is 6.65. The largest absolute Gasteiger partial charge is 0.444 e. The fraction of sp³-hybridized carbons (Fsp3) is 0.667. The van der Waals surface area contributed by atoms with Gasteiger partial charge in [0, 0.05) is 12.6 Å². The molecule has 0 unspecified atom stereocenters. The van der Waals surface area contributed by atoms with Crippen molar-refractivity contribution in [1.29, 1.82) is 0 Å². The first-order valence-electron chi connectivity index (χ1n) is 9.60. The zero-order valence-corrected chi connectivity index (χ0v) is 16.2. The van der Waals surface area contributed by atoms with E-state index in [2.05, 4.69) is 47.9 Å². The van der Waals surface area contributed by atoms with Crippen LogP contribution in [0.2, 0.25) is 0 Å². The van der Waals surface area contributed by atoms with Crippen molar-refractivity contribution >= 4 is 6.09 Å². The molecule has 25 heavy (non-hydrogen) atoms. The molecule has 1 aromatic carbocycles. The molecule has 140 valence electrons. The lowest BCUT2D eigenvalue weighted by Gasteiger charge is -2.33. The molecule has 1 amide bonds. The molecule has 1 aliphatic rings. The predicted molar refractivity (Wildman–Crippen MR) is 103 cm³/mol. The maximum absolute atomic E-state index is 12.0. The number of piperidine rings is 1. The van der Waals surface area contributed by atoms with E-state index < -0.39 is 5.60 Å². The molecule has 2 rings (SSSR count). The van der Waals surface area contributed by atoms with Crippen LogP contribution in [-0.2, 0) is 4.74 Å². The number of carbonyl (C=O) groups is 1. The van der Waals surface area contributed by atoms with Crippen LogP contribution in [0.15, 0.2) is 30.3 Å². The maximum Gasteiger partial charge on any atom is 0.407 e. The molecule has 1 aromatic rings. The van der Waals surface area contributed by atoms with Gasteiger partial charge >= 0.3 is 6.09 Å². The molecule has 0 aromatic heterocycles. The van der Waals surface area contributed by atoms with Crippen LogP contribution in [0.4, 0.5) is 4.79 Å². The number of nitrogens with one attached hydrogen (secondary N) is 2. The molecule has 0 bridgehead atoms. The van der Waals surface area contributed by atoms with E-state index in [1.54, 1.807) is 0 Å². The summed E-state index contributed by atoms with van der Waals surface area (Å²) < 4.78 is 5.39. The molecule has 4 heteroatoms. The molecule has 1 fully saturated rings. The molecule has 4 nitrogen and oxygen atoms in total. The highest BCUT2D eigenvalue weighted by molar-refractivity contribution is 5.67. The summed E-state index contributed by atoms with van der Waals surface area (Å²) in [6, 6.07) is 11.1. The summed E-state index contributed by atoms with van der Waals surface area (Å²) >= 11 is 0. The average Bonchev–Trinajstić information content (AvgIpc) is 2.58. The Morgan fingerprint density at radius 2 is 2.00 bits per heavy atom. The van der Waals surface area contributed by atoms with Crippen LogP contribution in [-0.4, -0.2) is 30.8 Å². The first-order valence-corrected chi connectivity index (χ1v) is 9.60. The summed E-state index contributed by atoms with van der Waals surface area (Å²) in [6.45, 7) is 9.69. The SMILES string of the molecule is C[C@H](C[C@@H](CNC(=O)OC(C)(C)C)[C@H]1CCCCN1)c1ccccc1. The van der Waals surface area contributed by atoms with Crippen LogP contribution >= 0.6 is 0 Å². The second-order valence-electron chi connectivity index (χ2n) is 8.25. The third kappa shape index (κ3) is 7.07. The summed E-state index contributed by atoms with van der Waals surface area (Å²) in [5.74, 6) is 0.874. The number of rotatable bonds is 6. The Kier molecular flexibility index (Phi) is 7.30. The van der Waals surface area contributed by atoms with Gasteiger partial charge in [-0.15, -0.1) is 0 Å². The van der Waals surface area contributed by atoms with Gasteiger partial charge in [-0.05, 0) is 64.0 Å². The average molecular weight is 347 g/mol. The molecule has 1 saturated heterocycles. The minimum absolute atomic E-state index is 0.319. The van der Waals surface area contributed by atoms with E-state index in [0.717, 1.165) is 13.0 Å². The molecule has 0 aliphatic carbocycles. The van der Waals surface area contributed by atoms with Crippen LogP contribution in [0.25, 0.3) is 0 Å². The molecule has 1 aliphatic heterocycles. The minimum Gasteiger partial charge on any atom is -0.444 e. The lowest BCUT2D eigenvalue weighted by atomic mass is 9.83. The van der Waals surface area contributed by atoms with Gasteiger partial charge in [0.1, 0.15) is 5.60 Å². The van der Waals surface area contributed by atoms with E-state index in [1.807, 2.05) is 20.8 Å². The quantitative estimate of drug-likeness (QED) is 0.799. The van der Waals surface area contributed by atoms with Crippen molar-refractivity contribution in [3.8, 4) is 0 Å². The summed E-state index contributed by atoms with van der Waals surface area (Å²) in [7, 11) is 0. The molecule has 0 spiro atoms. The van der Waals surface area contributed by atoms with Crippen LogP contribution in [0, 0.1) is 5.92 Å². The van der Waals surface area contributed by atoms with E-state index in [0.29, 0.717) is 24.4 Å². The lowest BCUT2D eigenvalue weighted by molar-refractivity contribution is 0.0512. The third-order valence-electron chi connectivity index (χ3n) is 4.85. The second-order valence-corrected chi connectivity index (χ2v) is 8.25. The van der Waals surface area contributed by atoms with E-state index in [4.69, 9.17) is 4.74 Å². The Hall–Kier alpha value is -1.55. The van der Waals surface area contributed by atoms with Crippen LogP contribution in [0.3, 0.4) is 0 Å². The van der Waals surface area contributed by atoms with Crippen LogP contribution < -0.4 is 10.6 Å². The van der Waals surface area contributed by atoms with Crippen molar-refractivity contribution in [3.63, 3.8) is 0 Å². The molecule has 3 atom stereocenters. The van der Waals surface area contributed by atoms with Gasteiger partial charge in [-0.25, -0.2) is 4.79 Å². The monoisotopic (exact) mass is 346 g/mol. The van der Waals surface area contributed by atoms with Crippen LogP contribution in [0.5, 0.6) is 0 Å². The van der Waals surface area contributed by atoms with Crippen molar-refractivity contribution < 1.29 is 9.53 Å². The Balaban J connectivity index is 1.96. The van der Waals surface area contributed by atoms with E-state index in [9.17, 15) is 4.79 Å². The highest BCUT2D eigenvalue weighted by Gasteiger charge is 2.26. The van der Waals surface area contributed by atoms with Gasteiger partial charge in [0.2, 0.25) is 0 Å². The van der Waals surface area contributed by atoms with Gasteiger partial charge in [0.05, 0.1) is 0 Å². The predicted octanol–water partition coefficient (Wildman–Crippen LogP) is 4.46. The summed E-state index contributed by atoms with van der Waals surface area (Å²) in [4.78, 5) is 12.0. The highest BCUT2D eigenvalue weighted by atomic mass is 16.6. The fourth-order valence-corrected chi connectivity index (χ4v) is 3.57. The first-order chi connectivity index (χ1) is 11.8. The third-order valence-corrected chi connectivity index (χ3v) is 4.85. The Morgan fingerprint density at radius 1 is 1.28 bits per heavy atom. The molecular weight excluding hydrogens is 312 g/mol.